The zero-order chi connectivity index (χ0) is 21.9. The van der Waals surface area contributed by atoms with Gasteiger partial charge in [-0.15, -0.1) is 6.58 Å². The molecule has 0 amide bonds. The number of aliphatic hydroxyl groups is 3. The van der Waals surface area contributed by atoms with Crippen LogP contribution in [0.3, 0.4) is 0 Å². The Morgan fingerprint density at radius 2 is 1.79 bits per heavy atom. The lowest BCUT2D eigenvalue weighted by molar-refractivity contribution is 0.0536. The van der Waals surface area contributed by atoms with E-state index in [0.717, 1.165) is 17.7 Å². The lowest BCUT2D eigenvalue weighted by atomic mass is 9.76. The third kappa shape index (κ3) is 8.48. The summed E-state index contributed by atoms with van der Waals surface area (Å²) in [5.74, 6) is 1.39. The van der Waals surface area contributed by atoms with Gasteiger partial charge >= 0.3 is 0 Å². The highest BCUT2D eigenvalue weighted by atomic mass is 16.5. The van der Waals surface area contributed by atoms with Gasteiger partial charge in [-0.25, -0.2) is 0 Å². The van der Waals surface area contributed by atoms with Gasteiger partial charge in [0.05, 0.1) is 18.5 Å². The molecule has 0 bridgehead atoms. The fourth-order valence-electron chi connectivity index (χ4n) is 2.70. The van der Waals surface area contributed by atoms with Gasteiger partial charge in [0.25, 0.3) is 0 Å². The predicted molar refractivity (Wildman–Crippen MR) is 120 cm³/mol. The highest BCUT2D eigenvalue weighted by Gasteiger charge is 2.24. The maximum atomic E-state index is 9.63. The molecular formula is C23H35BO5. The number of hydrogen-bond donors (Lipinski definition) is 3. The zero-order valence-electron chi connectivity index (χ0n) is 18.1. The molecule has 1 aromatic rings. The minimum atomic E-state index is -0.885. The van der Waals surface area contributed by atoms with Gasteiger partial charge in [-0.3, -0.25) is 0 Å². The largest absolute Gasteiger partial charge is 0.496 e. The Hall–Kier alpha value is -2.02. The fraction of sp³-hybridized carbons (Fsp3) is 0.478. The maximum Gasteiger partial charge on any atom is 0.119 e. The molecule has 3 N–H and O–H groups in total. The molecule has 0 heterocycles. The van der Waals surface area contributed by atoms with E-state index in [4.69, 9.17) is 14.6 Å². The third-order valence-corrected chi connectivity index (χ3v) is 4.89. The Morgan fingerprint density at radius 1 is 1.14 bits per heavy atom. The van der Waals surface area contributed by atoms with E-state index in [1.54, 1.807) is 0 Å². The summed E-state index contributed by atoms with van der Waals surface area (Å²) in [5, 5.41) is 27.9. The van der Waals surface area contributed by atoms with Crippen LogP contribution in [0.1, 0.15) is 32.8 Å². The highest BCUT2D eigenvalue weighted by Crippen LogP contribution is 2.34. The number of ether oxygens (including phenoxy) is 2. The third-order valence-electron chi connectivity index (χ3n) is 4.89. The van der Waals surface area contributed by atoms with Gasteiger partial charge in [-0.1, -0.05) is 50.0 Å². The monoisotopic (exact) mass is 402 g/mol. The van der Waals surface area contributed by atoms with Crippen molar-refractivity contribution in [2.75, 3.05) is 19.8 Å². The SMILES string of the molecule is BCC(O)CO/C(C)=C/C=C(\CC=C)C(C)(C)c1ccc(OCC(O)CO)cc1. The molecule has 0 aliphatic carbocycles. The van der Waals surface area contributed by atoms with Crippen molar-refractivity contribution in [3.8, 4) is 5.75 Å². The topological polar surface area (TPSA) is 79.2 Å². The molecule has 0 fully saturated rings. The Kier molecular flexibility index (Phi) is 10.8. The molecule has 0 saturated heterocycles. The van der Waals surface area contributed by atoms with E-state index in [0.29, 0.717) is 18.7 Å². The molecule has 0 spiro atoms. The van der Waals surface area contributed by atoms with Crippen LogP contribution in [0, 0.1) is 0 Å². The Bertz CT molecular complexity index is 679. The van der Waals surface area contributed by atoms with E-state index < -0.39 is 12.2 Å². The van der Waals surface area contributed by atoms with Crippen molar-refractivity contribution in [3.05, 3.63) is 66.0 Å². The van der Waals surface area contributed by atoms with Crippen LogP contribution in [-0.4, -0.2) is 55.2 Å². The van der Waals surface area contributed by atoms with Crippen LogP contribution >= 0.6 is 0 Å². The molecule has 1 aromatic carbocycles. The normalized spacial score (nSPS) is 15.0. The maximum absolute atomic E-state index is 9.63. The van der Waals surface area contributed by atoms with Crippen LogP contribution in [0.2, 0.25) is 6.32 Å². The number of benzene rings is 1. The lowest BCUT2D eigenvalue weighted by Gasteiger charge is -2.29. The summed E-state index contributed by atoms with van der Waals surface area (Å²) in [7, 11) is 1.92. The average Bonchev–Trinajstić information content (AvgIpc) is 2.73. The van der Waals surface area contributed by atoms with Crippen LogP contribution in [0.15, 0.2) is 60.4 Å². The van der Waals surface area contributed by atoms with E-state index in [-0.39, 0.29) is 18.6 Å². The first-order valence-corrected chi connectivity index (χ1v) is 10.1. The molecule has 5 nitrogen and oxygen atoms in total. The number of aliphatic hydroxyl groups excluding tert-OH is 3. The molecule has 2 atom stereocenters. The quantitative estimate of drug-likeness (QED) is 0.205. The van der Waals surface area contributed by atoms with Crippen molar-refractivity contribution in [2.45, 2.75) is 51.1 Å². The Labute approximate surface area is 175 Å². The van der Waals surface area contributed by atoms with Gasteiger partial charge in [0.1, 0.15) is 32.9 Å². The minimum Gasteiger partial charge on any atom is -0.496 e. The summed E-state index contributed by atoms with van der Waals surface area (Å²) in [4.78, 5) is 0. The Balaban J connectivity index is 2.94. The average molecular weight is 402 g/mol. The summed E-state index contributed by atoms with van der Waals surface area (Å²) in [5.41, 5.74) is 2.06. The molecule has 0 radical (unpaired) electrons. The van der Waals surface area contributed by atoms with Crippen LogP contribution in [0.5, 0.6) is 5.75 Å². The highest BCUT2D eigenvalue weighted by molar-refractivity contribution is 6.08. The van der Waals surface area contributed by atoms with Crippen LogP contribution < -0.4 is 4.74 Å². The zero-order valence-corrected chi connectivity index (χ0v) is 18.1. The first kappa shape index (κ1) is 25.0. The molecule has 0 aliphatic heterocycles. The smallest absolute Gasteiger partial charge is 0.119 e. The second-order valence-corrected chi connectivity index (χ2v) is 7.63. The van der Waals surface area contributed by atoms with Gasteiger partial charge in [-0.05, 0) is 37.1 Å². The van der Waals surface area contributed by atoms with Crippen molar-refractivity contribution < 1.29 is 24.8 Å². The van der Waals surface area contributed by atoms with Crippen molar-refractivity contribution in [2.24, 2.45) is 0 Å². The van der Waals surface area contributed by atoms with E-state index >= 15 is 0 Å². The van der Waals surface area contributed by atoms with Crippen LogP contribution in [0.25, 0.3) is 0 Å². The summed E-state index contributed by atoms with van der Waals surface area (Å²) in [6.45, 7) is 10.1. The number of allylic oxidation sites excluding steroid dienone is 5. The van der Waals surface area contributed by atoms with Crippen molar-refractivity contribution in [1.29, 1.82) is 0 Å². The standard InChI is InChI=1S/C23H35BO5/c1-5-6-18(8-7-17(2)28-15-20(26)13-24)23(3,4)19-9-11-22(12-10-19)29-16-21(27)14-25/h5,7-12,20-21,25-27H,1,6,13-16,24H2,2-4H3/b17-7+,18-8+. The lowest BCUT2D eigenvalue weighted by Crippen LogP contribution is -2.22. The molecule has 2 unspecified atom stereocenters. The summed E-state index contributed by atoms with van der Waals surface area (Å²) < 4.78 is 11.1. The predicted octanol–water partition coefficient (Wildman–Crippen LogP) is 2.53. The van der Waals surface area contributed by atoms with Gasteiger partial charge in [0.15, 0.2) is 0 Å². The first-order valence-electron chi connectivity index (χ1n) is 10.1. The molecule has 1 rings (SSSR count). The molecule has 6 heteroatoms. The molecule has 0 aliphatic rings. The van der Waals surface area contributed by atoms with E-state index in [9.17, 15) is 10.2 Å². The Morgan fingerprint density at radius 3 is 2.34 bits per heavy atom. The van der Waals surface area contributed by atoms with E-state index in [1.807, 2.05) is 51.2 Å². The van der Waals surface area contributed by atoms with Gasteiger partial charge in [0, 0.05) is 5.41 Å². The van der Waals surface area contributed by atoms with Crippen LogP contribution in [0.4, 0.5) is 0 Å². The number of rotatable bonds is 13. The summed E-state index contributed by atoms with van der Waals surface area (Å²) >= 11 is 0. The molecule has 29 heavy (non-hydrogen) atoms. The van der Waals surface area contributed by atoms with Gasteiger partial charge < -0.3 is 24.8 Å². The minimum absolute atomic E-state index is 0.0532. The second kappa shape index (κ2) is 12.5. The van der Waals surface area contributed by atoms with Gasteiger partial charge in [0.2, 0.25) is 0 Å². The fourth-order valence-corrected chi connectivity index (χ4v) is 2.70. The molecule has 0 aromatic heterocycles. The molecular weight excluding hydrogens is 367 g/mol. The van der Waals surface area contributed by atoms with Crippen molar-refractivity contribution in [3.63, 3.8) is 0 Å². The molecule has 0 saturated carbocycles. The summed E-state index contributed by atoms with van der Waals surface area (Å²) in [6, 6.07) is 7.73. The van der Waals surface area contributed by atoms with Crippen molar-refractivity contribution in [1.82, 2.24) is 0 Å². The number of hydrogen-bond acceptors (Lipinski definition) is 5. The summed E-state index contributed by atoms with van der Waals surface area (Å²) in [6.07, 6.45) is 5.92. The molecule has 160 valence electrons. The van der Waals surface area contributed by atoms with Crippen molar-refractivity contribution >= 4 is 7.85 Å². The second-order valence-electron chi connectivity index (χ2n) is 7.63. The van der Waals surface area contributed by atoms with Gasteiger partial charge in [-0.2, -0.15) is 0 Å². The first-order chi connectivity index (χ1) is 13.7. The van der Waals surface area contributed by atoms with E-state index in [2.05, 4.69) is 26.5 Å². The van der Waals surface area contributed by atoms with Crippen LogP contribution in [-0.2, 0) is 10.2 Å². The van der Waals surface area contributed by atoms with E-state index in [1.165, 1.54) is 5.57 Å².